The molecule has 556 valence electrons. The first kappa shape index (κ1) is 69.9. The van der Waals surface area contributed by atoms with Crippen LogP contribution in [0.25, 0.3) is 144 Å². The molecule has 0 amide bonds. The van der Waals surface area contributed by atoms with Gasteiger partial charge in [0.1, 0.15) is 22.3 Å². The summed E-state index contributed by atoms with van der Waals surface area (Å²) in [6, 6.07) is 101. The first-order chi connectivity index (χ1) is 55.0. The monoisotopic (exact) mass is 1460 g/mol. The van der Waals surface area contributed by atoms with Crippen LogP contribution >= 0.6 is 0 Å². The van der Waals surface area contributed by atoms with Crippen LogP contribution in [0.4, 0.5) is 0 Å². The maximum Gasteiger partial charge on any atom is 0.144 e. The summed E-state index contributed by atoms with van der Waals surface area (Å²) in [5, 5.41) is 7.34. The summed E-state index contributed by atoms with van der Waals surface area (Å²) in [4.78, 5) is 0. The molecular weight excluding hydrogens is 1370 g/mol. The third-order valence-corrected chi connectivity index (χ3v) is 28.5. The maximum atomic E-state index is 7.16. The van der Waals surface area contributed by atoms with E-state index in [2.05, 4.69) is 330 Å². The minimum Gasteiger partial charge on any atom is -0.455 e. The van der Waals surface area contributed by atoms with Crippen LogP contribution in [0.2, 0.25) is 0 Å². The molecule has 0 bridgehead atoms. The van der Waals surface area contributed by atoms with E-state index in [4.69, 9.17) is 8.83 Å². The zero-order valence-corrected chi connectivity index (χ0v) is 67.4. The molecule has 0 spiro atoms. The summed E-state index contributed by atoms with van der Waals surface area (Å²) in [7, 11) is 0. The zero-order valence-electron chi connectivity index (χ0n) is 67.4. The van der Waals surface area contributed by atoms with E-state index in [0.717, 1.165) is 45.3 Å². The fraction of sp³-hybridized carbons (Fsp3) is 0.261. The highest BCUT2D eigenvalue weighted by Crippen LogP contribution is 2.65. The third kappa shape index (κ3) is 10.4. The van der Waals surface area contributed by atoms with Crippen LogP contribution in [0.3, 0.4) is 0 Å². The smallest absolute Gasteiger partial charge is 0.144 e. The van der Waals surface area contributed by atoms with Gasteiger partial charge in [0, 0.05) is 65.7 Å². The van der Waals surface area contributed by atoms with Gasteiger partial charge in [0.25, 0.3) is 0 Å². The summed E-state index contributed by atoms with van der Waals surface area (Å²) < 4.78 is 14.3. The van der Waals surface area contributed by atoms with Crippen LogP contribution in [0.1, 0.15) is 225 Å². The van der Waals surface area contributed by atoms with E-state index in [-0.39, 0.29) is 33.0 Å². The molecule has 14 aromatic carbocycles. The second-order valence-electron chi connectivity index (χ2n) is 36.3. The van der Waals surface area contributed by atoms with Crippen molar-refractivity contribution in [2.75, 3.05) is 0 Å². The molecule has 5 aliphatic rings. The first-order valence-electron chi connectivity index (χ1n) is 42.5. The molecule has 5 aliphatic carbocycles. The molecule has 0 N–H and O–H groups in total. The predicted octanol–water partition coefficient (Wildman–Crippen LogP) is 31.2. The molecule has 0 fully saturated rings. The lowest BCUT2D eigenvalue weighted by Crippen LogP contribution is -2.25. The average molecular weight is 1470 g/mol. The fourth-order valence-corrected chi connectivity index (χ4v) is 22.7. The van der Waals surface area contributed by atoms with Crippen molar-refractivity contribution >= 4 is 54.6 Å². The first-order valence-corrected chi connectivity index (χ1v) is 42.5. The Morgan fingerprint density at radius 1 is 0.292 bits per heavy atom. The molecule has 1 unspecified atom stereocenters. The molecule has 1 atom stereocenters. The molecule has 2 heterocycles. The van der Waals surface area contributed by atoms with Gasteiger partial charge in [-0.15, -0.1) is 0 Å². The Labute approximate surface area is 667 Å². The Morgan fingerprint density at radius 3 is 1.43 bits per heavy atom. The van der Waals surface area contributed by atoms with Crippen molar-refractivity contribution in [3.05, 3.63) is 333 Å². The fourth-order valence-electron chi connectivity index (χ4n) is 22.7. The number of rotatable bonds is 19. The van der Waals surface area contributed by atoms with Crippen molar-refractivity contribution in [3.8, 4) is 89.0 Å². The van der Waals surface area contributed by atoms with Crippen LogP contribution in [-0.2, 0) is 33.5 Å². The number of hydrogen-bond acceptors (Lipinski definition) is 2. The summed E-state index contributed by atoms with van der Waals surface area (Å²) in [5.74, 6) is 0.0483. The Morgan fingerprint density at radius 2 is 0.752 bits per heavy atom. The summed E-state index contributed by atoms with van der Waals surface area (Å²) >= 11 is 0. The van der Waals surface area contributed by atoms with Crippen LogP contribution in [0.15, 0.2) is 270 Å². The van der Waals surface area contributed by atoms with E-state index in [1.165, 1.54) is 243 Å². The van der Waals surface area contributed by atoms with Crippen molar-refractivity contribution in [1.82, 2.24) is 0 Å². The highest BCUT2D eigenvalue weighted by molar-refractivity contribution is 6.21. The predicted molar refractivity (Wildman–Crippen MR) is 476 cm³/mol. The number of fused-ring (bicyclic) bond motifs is 26. The molecule has 0 saturated heterocycles. The van der Waals surface area contributed by atoms with E-state index in [1.54, 1.807) is 11.1 Å². The van der Waals surface area contributed by atoms with Crippen molar-refractivity contribution in [1.29, 1.82) is 0 Å². The highest BCUT2D eigenvalue weighted by atomic mass is 16.3. The second-order valence-corrected chi connectivity index (χ2v) is 36.3. The average Bonchev–Trinajstić information content (AvgIpc) is 1.50. The Hall–Kier alpha value is -11.1. The van der Waals surface area contributed by atoms with Gasteiger partial charge >= 0.3 is 0 Å². The van der Waals surface area contributed by atoms with Crippen molar-refractivity contribution in [3.63, 3.8) is 0 Å². The van der Waals surface area contributed by atoms with Crippen molar-refractivity contribution in [2.24, 2.45) is 0 Å². The molecule has 16 aromatic rings. The van der Waals surface area contributed by atoms with E-state index in [0.29, 0.717) is 0 Å². The quantitative estimate of drug-likeness (QED) is 0.0754. The van der Waals surface area contributed by atoms with E-state index >= 15 is 0 Å². The van der Waals surface area contributed by atoms with Crippen molar-refractivity contribution in [2.45, 2.75) is 186 Å². The van der Waals surface area contributed by atoms with Gasteiger partial charge in [0.15, 0.2) is 0 Å². The summed E-state index contributed by atoms with van der Waals surface area (Å²) in [6.45, 7) is 24.3. The second kappa shape index (κ2) is 26.0. The Bertz CT molecular complexity index is 6610. The third-order valence-electron chi connectivity index (χ3n) is 28.5. The normalized spacial score (nSPS) is 15.8. The van der Waals surface area contributed by atoms with Crippen LogP contribution in [0.5, 0.6) is 0 Å². The minimum absolute atomic E-state index is 0.0458. The molecular formula is C111H100O2. The lowest BCUT2D eigenvalue weighted by molar-refractivity contribution is 0.399. The van der Waals surface area contributed by atoms with Gasteiger partial charge < -0.3 is 8.83 Å². The van der Waals surface area contributed by atoms with Gasteiger partial charge in [-0.3, -0.25) is 0 Å². The molecule has 0 aliphatic heterocycles. The lowest BCUT2D eigenvalue weighted by Gasteiger charge is -2.33. The Balaban J connectivity index is 0.609. The summed E-state index contributed by atoms with van der Waals surface area (Å²) in [5.41, 5.74) is 41.8. The van der Waals surface area contributed by atoms with Gasteiger partial charge in [0.05, 0.1) is 0 Å². The van der Waals surface area contributed by atoms with E-state index in [1.807, 2.05) is 0 Å². The number of furan rings is 2. The minimum atomic E-state index is -0.332. The van der Waals surface area contributed by atoms with Crippen LogP contribution < -0.4 is 0 Å². The van der Waals surface area contributed by atoms with E-state index in [9.17, 15) is 0 Å². The van der Waals surface area contributed by atoms with Gasteiger partial charge in [-0.25, -0.2) is 0 Å². The van der Waals surface area contributed by atoms with E-state index < -0.39 is 0 Å². The molecule has 0 saturated carbocycles. The molecule has 2 nitrogen and oxygen atoms in total. The largest absolute Gasteiger partial charge is 0.455 e. The summed E-state index contributed by atoms with van der Waals surface area (Å²) in [6.07, 6.45) is 16.3. The number of hydrogen-bond donors (Lipinski definition) is 0. The van der Waals surface area contributed by atoms with Crippen LogP contribution in [-0.4, -0.2) is 0 Å². The van der Waals surface area contributed by atoms with Crippen molar-refractivity contribution < 1.29 is 8.83 Å². The lowest BCUT2D eigenvalue weighted by atomic mass is 9.70. The van der Waals surface area contributed by atoms with Gasteiger partial charge in [-0.05, 0) is 217 Å². The molecule has 113 heavy (non-hydrogen) atoms. The number of benzene rings is 14. The molecule has 2 aromatic heterocycles. The number of unbranched alkanes of at least 4 members (excludes halogenated alkanes) is 8. The van der Waals surface area contributed by atoms with Gasteiger partial charge in [-0.2, -0.15) is 0 Å². The Kier molecular flexibility index (Phi) is 16.1. The maximum absolute atomic E-state index is 7.16. The molecule has 21 rings (SSSR count). The zero-order chi connectivity index (χ0) is 76.6. The SMILES string of the molecule is CCCCCCCC1(CCCCCCC)c2ccccc2-c2ccc(-c3ccc4c(c3)C(C)(C)c3cc(-c5ccc(-c6cc7c(c8c6oc6ccccc68)-c6ccc(CC(c8ccc9c(c8)C(C)(C)c8c%10c(c%11c(oc%12ccccc%12%11)c8-9)-c8ccccc8C%10(C)C)c8cccc9ccccc89)cc6C7(C)C)cc5)ccc3-4)cc21. The van der Waals surface area contributed by atoms with Gasteiger partial charge in [0.2, 0.25) is 0 Å². The van der Waals surface area contributed by atoms with Gasteiger partial charge in [-0.1, -0.05) is 358 Å². The van der Waals surface area contributed by atoms with Crippen LogP contribution in [0, 0.1) is 0 Å². The number of para-hydroxylation sites is 2. The highest BCUT2D eigenvalue weighted by Gasteiger charge is 2.50. The molecule has 2 heteroatoms. The molecule has 0 radical (unpaired) electrons. The topological polar surface area (TPSA) is 26.3 Å². The standard InChI is InChI=1S/C111H100O2/c1-11-13-15-17-29-58-111(59-30-18-16-14-12-2)89-41-26-21-35-77(89)80-56-51-73(64-94(80)111)72-50-55-79-78-54-49-71(62-91(78)107(3,4)92(79)63-72)68-45-47-70(48-46-68)87-66-95-98(100-84-37-23-27-42-96(84)112-105(87)100)82-53-44-67(61-90(82)108(95,5)6)60-86(76-39-31-33-69-32-19-20-34-75(69)76)74-52-57-83-93(65-74)110(9,10)104-102(83)106-101(85-38-24-28-43-97(85)113-106)99-81-36-22-25-40-88(81)109(7,8)103(99)104/h19-28,31-57,61-66,86H,11-18,29-30,58-60H2,1-10H3.